The third-order valence-corrected chi connectivity index (χ3v) is 4.07. The van der Waals surface area contributed by atoms with Crippen molar-refractivity contribution >= 4 is 5.91 Å². The van der Waals surface area contributed by atoms with E-state index < -0.39 is 0 Å². The number of piperidine rings is 1. The Balaban J connectivity index is 1.95. The van der Waals surface area contributed by atoms with E-state index in [-0.39, 0.29) is 18.6 Å². The molecule has 5 nitrogen and oxygen atoms in total. The van der Waals surface area contributed by atoms with Crippen LogP contribution in [-0.2, 0) is 4.79 Å². The molecule has 2 rings (SSSR count). The lowest BCUT2D eigenvalue weighted by molar-refractivity contribution is -0.137. The summed E-state index contributed by atoms with van der Waals surface area (Å²) in [5.41, 5.74) is 5.81. The fraction of sp³-hybridized carbons (Fsp3) is 0.588. The Hall–Kier alpha value is -1.75. The van der Waals surface area contributed by atoms with E-state index in [4.69, 9.17) is 15.2 Å². The van der Waals surface area contributed by atoms with Crippen molar-refractivity contribution in [1.29, 1.82) is 0 Å². The number of hydrogen-bond donors (Lipinski definition) is 1. The normalized spacial score (nSPS) is 21.5. The van der Waals surface area contributed by atoms with Crippen molar-refractivity contribution in [2.24, 2.45) is 11.7 Å². The van der Waals surface area contributed by atoms with Gasteiger partial charge in [0.25, 0.3) is 5.91 Å². The molecule has 0 radical (unpaired) electrons. The molecule has 2 atom stereocenters. The Kier molecular flexibility index (Phi) is 6.07. The topological polar surface area (TPSA) is 64.8 Å². The van der Waals surface area contributed by atoms with Crippen molar-refractivity contribution in [3.8, 4) is 11.5 Å². The highest BCUT2D eigenvalue weighted by Gasteiger charge is 2.29. The maximum Gasteiger partial charge on any atom is 0.260 e. The number of ether oxygens (including phenoxy) is 2. The Bertz CT molecular complexity index is 493. The summed E-state index contributed by atoms with van der Waals surface area (Å²) in [5, 5.41) is 0. The van der Waals surface area contributed by atoms with Gasteiger partial charge in [-0.05, 0) is 37.8 Å². The Labute approximate surface area is 132 Å². The van der Waals surface area contributed by atoms with E-state index in [0.29, 0.717) is 30.6 Å². The molecular formula is C17H26N2O3. The highest BCUT2D eigenvalue weighted by molar-refractivity contribution is 5.78. The molecule has 1 aromatic carbocycles. The summed E-state index contributed by atoms with van der Waals surface area (Å²) in [4.78, 5) is 14.3. The van der Waals surface area contributed by atoms with E-state index in [2.05, 4.69) is 6.92 Å². The zero-order chi connectivity index (χ0) is 15.9. The van der Waals surface area contributed by atoms with Crippen LogP contribution >= 0.6 is 0 Å². The molecule has 1 aliphatic heterocycles. The first-order valence-electron chi connectivity index (χ1n) is 7.99. The SMILES string of the molecule is CCOc1ccccc1OCC(=O)N1CCC(C)CC1CN. The lowest BCUT2D eigenvalue weighted by Crippen LogP contribution is -2.50. The molecule has 2 N–H and O–H groups in total. The molecule has 1 saturated heterocycles. The number of rotatable bonds is 6. The van der Waals surface area contributed by atoms with Crippen molar-refractivity contribution in [3.63, 3.8) is 0 Å². The standard InChI is InChI=1S/C17H26N2O3/c1-3-21-15-6-4-5-7-16(15)22-12-17(20)19-9-8-13(2)10-14(19)11-18/h4-7,13-14H,3,8-12,18H2,1-2H3. The minimum atomic E-state index is -0.00588. The maximum absolute atomic E-state index is 12.4. The van der Waals surface area contributed by atoms with Crippen LogP contribution in [0.3, 0.4) is 0 Å². The summed E-state index contributed by atoms with van der Waals surface area (Å²) >= 11 is 0. The second kappa shape index (κ2) is 8.03. The molecule has 1 aromatic rings. The van der Waals surface area contributed by atoms with Crippen molar-refractivity contribution in [2.45, 2.75) is 32.7 Å². The third-order valence-electron chi connectivity index (χ3n) is 4.07. The lowest BCUT2D eigenvalue weighted by atomic mass is 9.92. The van der Waals surface area contributed by atoms with Gasteiger partial charge in [-0.1, -0.05) is 19.1 Å². The summed E-state index contributed by atoms with van der Waals surface area (Å²) < 4.78 is 11.2. The highest BCUT2D eigenvalue weighted by atomic mass is 16.5. The predicted molar refractivity (Wildman–Crippen MR) is 86.1 cm³/mol. The monoisotopic (exact) mass is 306 g/mol. The number of carbonyl (C=O) groups is 1. The fourth-order valence-corrected chi connectivity index (χ4v) is 2.87. The van der Waals surface area contributed by atoms with Gasteiger partial charge in [-0.2, -0.15) is 0 Å². The van der Waals surface area contributed by atoms with Crippen molar-refractivity contribution in [3.05, 3.63) is 24.3 Å². The molecule has 1 fully saturated rings. The van der Waals surface area contributed by atoms with Crippen LogP contribution in [-0.4, -0.2) is 43.2 Å². The van der Waals surface area contributed by atoms with E-state index >= 15 is 0 Å². The molecule has 5 heteroatoms. The second-order valence-electron chi connectivity index (χ2n) is 5.77. The smallest absolute Gasteiger partial charge is 0.260 e. The molecule has 122 valence electrons. The van der Waals surface area contributed by atoms with E-state index in [1.807, 2.05) is 36.1 Å². The third kappa shape index (κ3) is 4.13. The van der Waals surface area contributed by atoms with Crippen LogP contribution in [0.2, 0.25) is 0 Å². The van der Waals surface area contributed by atoms with Crippen LogP contribution in [0.25, 0.3) is 0 Å². The molecule has 22 heavy (non-hydrogen) atoms. The largest absolute Gasteiger partial charge is 0.490 e. The Morgan fingerprint density at radius 3 is 2.64 bits per heavy atom. The fourth-order valence-electron chi connectivity index (χ4n) is 2.87. The summed E-state index contributed by atoms with van der Waals surface area (Å²) in [6, 6.07) is 7.54. The lowest BCUT2D eigenvalue weighted by Gasteiger charge is -2.37. The molecule has 1 amide bonds. The summed E-state index contributed by atoms with van der Waals surface area (Å²) in [6.07, 6.45) is 2.00. The first kappa shape index (κ1) is 16.6. The van der Waals surface area contributed by atoms with Crippen molar-refractivity contribution < 1.29 is 14.3 Å². The van der Waals surface area contributed by atoms with Crippen LogP contribution in [0.4, 0.5) is 0 Å². The highest BCUT2D eigenvalue weighted by Crippen LogP contribution is 2.27. The van der Waals surface area contributed by atoms with Crippen LogP contribution in [0.1, 0.15) is 26.7 Å². The van der Waals surface area contributed by atoms with E-state index in [9.17, 15) is 4.79 Å². The number of likely N-dealkylation sites (tertiary alicyclic amines) is 1. The molecule has 1 aliphatic rings. The molecular weight excluding hydrogens is 280 g/mol. The maximum atomic E-state index is 12.4. The van der Waals surface area contributed by atoms with Gasteiger partial charge in [-0.3, -0.25) is 4.79 Å². The number of nitrogens with two attached hydrogens (primary N) is 1. The summed E-state index contributed by atoms with van der Waals surface area (Å²) in [6.45, 7) is 5.98. The predicted octanol–water partition coefficient (Wildman–Crippen LogP) is 2.05. The average Bonchev–Trinajstić information content (AvgIpc) is 2.54. The minimum absolute atomic E-state index is 0.00588. The zero-order valence-corrected chi connectivity index (χ0v) is 13.5. The van der Waals surface area contributed by atoms with Crippen molar-refractivity contribution in [2.75, 3.05) is 26.3 Å². The Morgan fingerprint density at radius 1 is 1.32 bits per heavy atom. The quantitative estimate of drug-likeness (QED) is 0.873. The molecule has 0 spiro atoms. The Morgan fingerprint density at radius 2 is 2.00 bits per heavy atom. The van der Waals surface area contributed by atoms with Crippen molar-refractivity contribution in [1.82, 2.24) is 4.90 Å². The van der Waals surface area contributed by atoms with E-state index in [0.717, 1.165) is 19.4 Å². The second-order valence-corrected chi connectivity index (χ2v) is 5.77. The van der Waals surface area contributed by atoms with E-state index in [1.54, 1.807) is 0 Å². The molecule has 0 saturated carbocycles. The number of nitrogens with zero attached hydrogens (tertiary/aromatic N) is 1. The minimum Gasteiger partial charge on any atom is -0.490 e. The summed E-state index contributed by atoms with van der Waals surface area (Å²) in [7, 11) is 0. The summed E-state index contributed by atoms with van der Waals surface area (Å²) in [5.74, 6) is 1.89. The number of benzene rings is 1. The van der Waals surface area contributed by atoms with Gasteiger partial charge in [0.1, 0.15) is 0 Å². The van der Waals surface area contributed by atoms with Gasteiger partial charge in [-0.25, -0.2) is 0 Å². The number of hydrogen-bond acceptors (Lipinski definition) is 4. The molecule has 2 unspecified atom stereocenters. The van der Waals surface area contributed by atoms with Gasteiger partial charge in [-0.15, -0.1) is 0 Å². The average molecular weight is 306 g/mol. The number of para-hydroxylation sites is 2. The van der Waals surface area contributed by atoms with Gasteiger partial charge >= 0.3 is 0 Å². The van der Waals surface area contributed by atoms with Gasteiger partial charge < -0.3 is 20.1 Å². The van der Waals surface area contributed by atoms with Crippen LogP contribution in [0.15, 0.2) is 24.3 Å². The number of amides is 1. The number of carbonyl (C=O) groups excluding carboxylic acids is 1. The first-order valence-corrected chi connectivity index (χ1v) is 7.99. The molecule has 1 heterocycles. The van der Waals surface area contributed by atoms with Gasteiger partial charge in [0.2, 0.25) is 0 Å². The van der Waals surface area contributed by atoms with Crippen LogP contribution in [0.5, 0.6) is 11.5 Å². The van der Waals surface area contributed by atoms with E-state index in [1.165, 1.54) is 0 Å². The molecule has 0 aromatic heterocycles. The molecule has 0 aliphatic carbocycles. The van der Waals surface area contributed by atoms with Gasteiger partial charge in [0, 0.05) is 19.1 Å². The molecule has 0 bridgehead atoms. The van der Waals surface area contributed by atoms with Crippen LogP contribution in [0, 0.1) is 5.92 Å². The van der Waals surface area contributed by atoms with Gasteiger partial charge in [0.05, 0.1) is 6.61 Å². The first-order chi connectivity index (χ1) is 10.7. The van der Waals surface area contributed by atoms with Gasteiger partial charge in [0.15, 0.2) is 18.1 Å². The zero-order valence-electron chi connectivity index (χ0n) is 13.5. The van der Waals surface area contributed by atoms with Crippen LogP contribution < -0.4 is 15.2 Å².